The molecule has 0 aliphatic heterocycles. The molecule has 0 aromatic carbocycles. The van der Waals surface area contributed by atoms with Gasteiger partial charge in [-0.3, -0.25) is 9.59 Å². The van der Waals surface area contributed by atoms with Gasteiger partial charge in [0.15, 0.2) is 0 Å². The lowest BCUT2D eigenvalue weighted by Crippen LogP contribution is -1.99. The van der Waals surface area contributed by atoms with Gasteiger partial charge in [-0.05, 0) is 12.8 Å². The van der Waals surface area contributed by atoms with Crippen LogP contribution in [0.3, 0.4) is 0 Å². The van der Waals surface area contributed by atoms with Gasteiger partial charge >= 0.3 is 11.9 Å². The van der Waals surface area contributed by atoms with E-state index in [4.69, 9.17) is 0 Å². The first-order valence-electron chi connectivity index (χ1n) is 4.49. The van der Waals surface area contributed by atoms with Crippen molar-refractivity contribution in [3.8, 4) is 0 Å². The molecular weight excluding hydrogens is 184 g/mol. The molecule has 80 valence electrons. The van der Waals surface area contributed by atoms with Crippen molar-refractivity contribution < 1.29 is 19.1 Å². The summed E-state index contributed by atoms with van der Waals surface area (Å²) in [7, 11) is 2.73. The number of carbonyl (C=O) groups is 2. The number of hydrogen-bond donors (Lipinski definition) is 0. The molecule has 0 unspecified atom stereocenters. The van der Waals surface area contributed by atoms with E-state index in [1.807, 2.05) is 12.2 Å². The Morgan fingerprint density at radius 3 is 1.57 bits per heavy atom. The number of ether oxygens (including phenoxy) is 2. The highest BCUT2D eigenvalue weighted by Gasteiger charge is 1.97. The normalized spacial score (nSPS) is 10.1. The molecule has 0 aliphatic rings. The highest BCUT2D eigenvalue weighted by atomic mass is 16.5. The Morgan fingerprint density at radius 1 is 0.929 bits per heavy atom. The molecular formula is C10H16O4. The van der Waals surface area contributed by atoms with Crippen LogP contribution in [0.25, 0.3) is 0 Å². The minimum absolute atomic E-state index is 0.220. The number of allylic oxidation sites excluding steroid dienone is 2. The highest BCUT2D eigenvalue weighted by Crippen LogP contribution is 1.97. The van der Waals surface area contributed by atoms with Crippen LogP contribution in [0.15, 0.2) is 12.2 Å². The summed E-state index contributed by atoms with van der Waals surface area (Å²) in [5.41, 5.74) is 0. The SMILES string of the molecule is COC(=O)CCC=CCCC(=O)OC. The van der Waals surface area contributed by atoms with Crippen molar-refractivity contribution in [2.75, 3.05) is 14.2 Å². The quantitative estimate of drug-likeness (QED) is 0.481. The van der Waals surface area contributed by atoms with Gasteiger partial charge in [-0.1, -0.05) is 12.2 Å². The highest BCUT2D eigenvalue weighted by molar-refractivity contribution is 5.69. The molecule has 0 atom stereocenters. The van der Waals surface area contributed by atoms with Crippen LogP contribution in [0.5, 0.6) is 0 Å². The van der Waals surface area contributed by atoms with E-state index in [2.05, 4.69) is 9.47 Å². The lowest BCUT2D eigenvalue weighted by atomic mass is 10.2. The molecule has 0 N–H and O–H groups in total. The van der Waals surface area contributed by atoms with Gasteiger partial charge in [0.25, 0.3) is 0 Å². The molecule has 4 nitrogen and oxygen atoms in total. The molecule has 0 fully saturated rings. The molecule has 0 saturated heterocycles. The van der Waals surface area contributed by atoms with E-state index in [0.717, 1.165) is 0 Å². The molecule has 4 heteroatoms. The summed E-state index contributed by atoms with van der Waals surface area (Å²) < 4.78 is 8.93. The zero-order valence-corrected chi connectivity index (χ0v) is 8.62. The van der Waals surface area contributed by atoms with E-state index in [0.29, 0.717) is 25.7 Å². The molecule has 0 bridgehead atoms. The summed E-state index contributed by atoms with van der Waals surface area (Å²) in [4.78, 5) is 21.3. The fourth-order valence-corrected chi connectivity index (χ4v) is 0.842. The van der Waals surface area contributed by atoms with Gasteiger partial charge in [0.1, 0.15) is 0 Å². The van der Waals surface area contributed by atoms with Crippen LogP contribution in [-0.4, -0.2) is 26.2 Å². The van der Waals surface area contributed by atoms with Crippen molar-refractivity contribution >= 4 is 11.9 Å². The maximum atomic E-state index is 10.7. The van der Waals surface area contributed by atoms with Crippen molar-refractivity contribution in [3.05, 3.63) is 12.2 Å². The van der Waals surface area contributed by atoms with Crippen LogP contribution in [0.1, 0.15) is 25.7 Å². The minimum atomic E-state index is -0.220. The van der Waals surface area contributed by atoms with E-state index < -0.39 is 0 Å². The third kappa shape index (κ3) is 7.34. The topological polar surface area (TPSA) is 52.6 Å². The van der Waals surface area contributed by atoms with Gasteiger partial charge in [0.05, 0.1) is 14.2 Å². The largest absolute Gasteiger partial charge is 0.469 e. The second-order valence-corrected chi connectivity index (χ2v) is 2.70. The fraction of sp³-hybridized carbons (Fsp3) is 0.600. The lowest BCUT2D eigenvalue weighted by molar-refractivity contribution is -0.141. The van der Waals surface area contributed by atoms with Crippen molar-refractivity contribution in [2.24, 2.45) is 0 Å². The van der Waals surface area contributed by atoms with E-state index in [1.165, 1.54) is 14.2 Å². The zero-order valence-electron chi connectivity index (χ0n) is 8.62. The van der Waals surface area contributed by atoms with E-state index in [1.54, 1.807) is 0 Å². The number of rotatable bonds is 6. The second-order valence-electron chi connectivity index (χ2n) is 2.70. The smallest absolute Gasteiger partial charge is 0.305 e. The number of carbonyl (C=O) groups excluding carboxylic acids is 2. The molecule has 0 radical (unpaired) electrons. The second kappa shape index (κ2) is 8.29. The van der Waals surface area contributed by atoms with Crippen LogP contribution in [0.2, 0.25) is 0 Å². The van der Waals surface area contributed by atoms with Gasteiger partial charge in [0, 0.05) is 12.8 Å². The molecule has 0 aromatic rings. The first-order valence-corrected chi connectivity index (χ1v) is 4.49. The summed E-state index contributed by atoms with van der Waals surface area (Å²) in [6.07, 6.45) is 5.78. The Hall–Kier alpha value is -1.32. The zero-order chi connectivity index (χ0) is 10.8. The Balaban J connectivity index is 3.36. The van der Waals surface area contributed by atoms with Crippen LogP contribution in [0, 0.1) is 0 Å². The first kappa shape index (κ1) is 12.7. The molecule has 0 aromatic heterocycles. The number of hydrogen-bond acceptors (Lipinski definition) is 4. The van der Waals surface area contributed by atoms with E-state index >= 15 is 0 Å². The molecule has 0 rings (SSSR count). The monoisotopic (exact) mass is 200 g/mol. The molecule has 0 amide bonds. The summed E-state index contributed by atoms with van der Waals surface area (Å²) in [6, 6.07) is 0. The summed E-state index contributed by atoms with van der Waals surface area (Å²) in [6.45, 7) is 0. The Bertz CT molecular complexity index is 186. The van der Waals surface area contributed by atoms with Gasteiger partial charge in [0.2, 0.25) is 0 Å². The maximum absolute atomic E-state index is 10.7. The summed E-state index contributed by atoms with van der Waals surface area (Å²) in [5, 5.41) is 0. The van der Waals surface area contributed by atoms with Crippen molar-refractivity contribution in [3.63, 3.8) is 0 Å². The Morgan fingerprint density at radius 2 is 1.29 bits per heavy atom. The van der Waals surface area contributed by atoms with Gasteiger partial charge < -0.3 is 9.47 Å². The first-order chi connectivity index (χ1) is 6.70. The average molecular weight is 200 g/mol. The van der Waals surface area contributed by atoms with E-state index in [-0.39, 0.29) is 11.9 Å². The average Bonchev–Trinajstić information content (AvgIpc) is 2.22. The molecule has 0 heterocycles. The van der Waals surface area contributed by atoms with Crippen LogP contribution >= 0.6 is 0 Å². The molecule has 0 saturated carbocycles. The van der Waals surface area contributed by atoms with Gasteiger partial charge in [-0.15, -0.1) is 0 Å². The van der Waals surface area contributed by atoms with Gasteiger partial charge in [-0.25, -0.2) is 0 Å². The maximum Gasteiger partial charge on any atom is 0.305 e. The summed E-state index contributed by atoms with van der Waals surface area (Å²) in [5.74, 6) is -0.440. The van der Waals surface area contributed by atoms with Crippen molar-refractivity contribution in [2.45, 2.75) is 25.7 Å². The van der Waals surface area contributed by atoms with Crippen molar-refractivity contribution in [1.29, 1.82) is 0 Å². The molecule has 14 heavy (non-hydrogen) atoms. The standard InChI is InChI=1S/C10H16O4/c1-13-9(11)7-5-3-4-6-8-10(12)14-2/h3-4H,5-8H2,1-2H3. The summed E-state index contributed by atoms with van der Waals surface area (Å²) >= 11 is 0. The molecule has 0 spiro atoms. The van der Waals surface area contributed by atoms with Crippen LogP contribution in [-0.2, 0) is 19.1 Å². The lowest BCUT2D eigenvalue weighted by Gasteiger charge is -1.95. The minimum Gasteiger partial charge on any atom is -0.469 e. The Labute approximate surface area is 83.9 Å². The van der Waals surface area contributed by atoms with Crippen LogP contribution < -0.4 is 0 Å². The predicted molar refractivity (Wildman–Crippen MR) is 51.6 cm³/mol. The number of esters is 2. The van der Waals surface area contributed by atoms with Crippen LogP contribution in [0.4, 0.5) is 0 Å². The molecule has 0 aliphatic carbocycles. The van der Waals surface area contributed by atoms with E-state index in [9.17, 15) is 9.59 Å². The number of methoxy groups -OCH3 is 2. The van der Waals surface area contributed by atoms with Gasteiger partial charge in [-0.2, -0.15) is 0 Å². The third-order valence-corrected chi connectivity index (χ3v) is 1.65. The Kier molecular flexibility index (Phi) is 7.50. The fourth-order valence-electron chi connectivity index (χ4n) is 0.842. The third-order valence-electron chi connectivity index (χ3n) is 1.65. The van der Waals surface area contributed by atoms with Crippen molar-refractivity contribution in [1.82, 2.24) is 0 Å². The predicted octanol–water partition coefficient (Wildman–Crippen LogP) is 1.45.